The van der Waals surface area contributed by atoms with Crippen molar-refractivity contribution in [2.75, 3.05) is 0 Å². The van der Waals surface area contributed by atoms with Gasteiger partial charge in [-0.2, -0.15) is 0 Å². The number of hydrogen-bond acceptors (Lipinski definition) is 3. The molecule has 0 saturated carbocycles. The smallest absolute Gasteiger partial charge is 0.0996 e. The Morgan fingerprint density at radius 3 is 2.79 bits per heavy atom. The largest absolute Gasteiger partial charge is 0.293 e. The summed E-state index contributed by atoms with van der Waals surface area (Å²) < 4.78 is 0.299. The van der Waals surface area contributed by atoms with Gasteiger partial charge in [0, 0.05) is 6.20 Å². The molecular formula is C10H11BrN2O. The van der Waals surface area contributed by atoms with E-state index < -0.39 is 0 Å². The maximum Gasteiger partial charge on any atom is 0.0996 e. The minimum atomic E-state index is 0.299. The fourth-order valence-corrected chi connectivity index (χ4v) is 0.987. The molecule has 0 fully saturated rings. The Kier molecular flexibility index (Phi) is 4.96. The molecule has 1 aromatic carbocycles. The number of hydrogen-bond donors (Lipinski definition) is 2. The van der Waals surface area contributed by atoms with Crippen molar-refractivity contribution >= 4 is 20.6 Å². The summed E-state index contributed by atoms with van der Waals surface area (Å²) in [6, 6.07) is 9.85. The van der Waals surface area contributed by atoms with E-state index in [1.807, 2.05) is 30.3 Å². The molecule has 1 aromatic rings. The summed E-state index contributed by atoms with van der Waals surface area (Å²) in [5.41, 5.74) is 3.71. The van der Waals surface area contributed by atoms with Crippen LogP contribution < -0.4 is 5.48 Å². The van der Waals surface area contributed by atoms with Crippen molar-refractivity contribution in [2.45, 2.75) is 6.61 Å². The highest BCUT2D eigenvalue weighted by atomic mass is 79.9. The van der Waals surface area contributed by atoms with Crippen LogP contribution in [-0.4, -0.2) is 4.62 Å². The third-order valence-corrected chi connectivity index (χ3v) is 1.73. The molecule has 14 heavy (non-hydrogen) atoms. The van der Waals surface area contributed by atoms with Crippen LogP contribution >= 0.6 is 15.9 Å². The number of hydroxylamine groups is 1. The van der Waals surface area contributed by atoms with Crippen LogP contribution in [0.4, 0.5) is 0 Å². The first kappa shape index (κ1) is 10.9. The van der Waals surface area contributed by atoms with Gasteiger partial charge in [-0.3, -0.25) is 15.7 Å². The van der Waals surface area contributed by atoms with Crippen molar-refractivity contribution in [2.24, 2.45) is 0 Å². The summed E-state index contributed by atoms with van der Waals surface area (Å²) in [7, 11) is 0. The maximum atomic E-state index is 7.03. The van der Waals surface area contributed by atoms with Crippen molar-refractivity contribution in [3.05, 3.63) is 48.2 Å². The number of benzene rings is 1. The van der Waals surface area contributed by atoms with Gasteiger partial charge < -0.3 is 0 Å². The van der Waals surface area contributed by atoms with Gasteiger partial charge in [0.1, 0.15) is 0 Å². The summed E-state index contributed by atoms with van der Waals surface area (Å²) in [6.45, 7) is 0.501. The lowest BCUT2D eigenvalue weighted by molar-refractivity contribution is 0.0577. The van der Waals surface area contributed by atoms with E-state index in [-0.39, 0.29) is 0 Å². The Morgan fingerprint density at radius 2 is 2.14 bits per heavy atom. The zero-order chi connectivity index (χ0) is 10.2. The lowest BCUT2D eigenvalue weighted by atomic mass is 10.2. The molecule has 0 heterocycles. The Labute approximate surface area is 91.4 Å². The highest BCUT2D eigenvalue weighted by Gasteiger charge is 1.88. The Hall–Kier alpha value is -1.13. The van der Waals surface area contributed by atoms with E-state index in [1.165, 1.54) is 0 Å². The molecule has 4 heteroatoms. The predicted molar refractivity (Wildman–Crippen MR) is 60.2 cm³/mol. The fraction of sp³-hybridized carbons (Fsp3) is 0.100. The quantitative estimate of drug-likeness (QED) is 0.482. The van der Waals surface area contributed by atoms with Gasteiger partial charge in [-0.1, -0.05) is 30.3 Å². The van der Waals surface area contributed by atoms with Crippen molar-refractivity contribution in [1.29, 1.82) is 5.41 Å². The number of nitrogens with one attached hydrogen (secondary N) is 2. The van der Waals surface area contributed by atoms with E-state index in [9.17, 15) is 0 Å². The normalized spacial score (nSPS) is 10.4. The lowest BCUT2D eigenvalue weighted by Gasteiger charge is -2.01. The highest BCUT2D eigenvalue weighted by molar-refractivity contribution is 9.18. The minimum absolute atomic E-state index is 0.299. The second-order valence-corrected chi connectivity index (χ2v) is 3.43. The molecule has 0 aliphatic carbocycles. The zero-order valence-electron chi connectivity index (χ0n) is 7.53. The first-order chi connectivity index (χ1) is 6.79. The number of halogens is 1. The van der Waals surface area contributed by atoms with Crippen molar-refractivity contribution < 1.29 is 4.84 Å². The molecule has 0 amide bonds. The first-order valence-corrected chi connectivity index (χ1v) is 4.90. The third-order valence-electron chi connectivity index (χ3n) is 1.46. The fourth-order valence-electron chi connectivity index (χ4n) is 0.855. The summed E-state index contributed by atoms with van der Waals surface area (Å²) in [5.74, 6) is 0. The molecule has 0 saturated heterocycles. The Balaban J connectivity index is 2.19. The standard InChI is InChI=1S/C10H11BrN2O/c11-10(12)6-7-13-14-8-9-4-2-1-3-5-9/h1-7,12-13H,8H2/b7-6-,12-10?. The van der Waals surface area contributed by atoms with Crippen LogP contribution in [0.3, 0.4) is 0 Å². The number of allylic oxidation sites excluding steroid dienone is 1. The van der Waals surface area contributed by atoms with Gasteiger partial charge in [0.2, 0.25) is 0 Å². The van der Waals surface area contributed by atoms with Gasteiger partial charge in [-0.25, -0.2) is 0 Å². The lowest BCUT2D eigenvalue weighted by Crippen LogP contribution is -2.06. The Bertz CT molecular complexity index is 311. The van der Waals surface area contributed by atoms with E-state index >= 15 is 0 Å². The molecule has 1 rings (SSSR count). The zero-order valence-corrected chi connectivity index (χ0v) is 9.12. The van der Waals surface area contributed by atoms with Crippen LogP contribution in [0, 0.1) is 5.41 Å². The average Bonchev–Trinajstić information content (AvgIpc) is 2.18. The molecule has 0 aliphatic rings. The highest BCUT2D eigenvalue weighted by Crippen LogP contribution is 1.98. The van der Waals surface area contributed by atoms with Gasteiger partial charge in [-0.15, -0.1) is 0 Å². The molecule has 0 aromatic heterocycles. The predicted octanol–water partition coefficient (Wildman–Crippen LogP) is 2.59. The topological polar surface area (TPSA) is 45.1 Å². The molecule has 0 atom stereocenters. The summed E-state index contributed by atoms with van der Waals surface area (Å²) in [4.78, 5) is 5.12. The van der Waals surface area contributed by atoms with Crippen LogP contribution in [0.5, 0.6) is 0 Å². The molecule has 2 N–H and O–H groups in total. The molecule has 0 spiro atoms. The molecule has 0 bridgehead atoms. The second kappa shape index (κ2) is 6.34. The minimum Gasteiger partial charge on any atom is -0.293 e. The van der Waals surface area contributed by atoms with Crippen molar-refractivity contribution in [3.63, 3.8) is 0 Å². The van der Waals surface area contributed by atoms with Crippen molar-refractivity contribution in [3.8, 4) is 0 Å². The van der Waals surface area contributed by atoms with Crippen LogP contribution in [0.2, 0.25) is 0 Å². The van der Waals surface area contributed by atoms with Gasteiger partial charge in [-0.05, 0) is 27.6 Å². The van der Waals surface area contributed by atoms with E-state index in [0.29, 0.717) is 11.2 Å². The van der Waals surface area contributed by atoms with Gasteiger partial charge in [0.25, 0.3) is 0 Å². The number of rotatable bonds is 5. The van der Waals surface area contributed by atoms with Crippen LogP contribution in [-0.2, 0) is 11.4 Å². The van der Waals surface area contributed by atoms with Gasteiger partial charge in [0.05, 0.1) is 11.2 Å². The maximum absolute atomic E-state index is 7.03. The summed E-state index contributed by atoms with van der Waals surface area (Å²) in [5, 5.41) is 7.03. The average molecular weight is 255 g/mol. The monoisotopic (exact) mass is 254 g/mol. The van der Waals surface area contributed by atoms with E-state index in [2.05, 4.69) is 21.4 Å². The van der Waals surface area contributed by atoms with Crippen molar-refractivity contribution in [1.82, 2.24) is 5.48 Å². The van der Waals surface area contributed by atoms with Crippen LogP contribution in [0.25, 0.3) is 0 Å². The molecule has 0 unspecified atom stereocenters. The molecule has 3 nitrogen and oxygen atoms in total. The van der Waals surface area contributed by atoms with Crippen LogP contribution in [0.15, 0.2) is 42.6 Å². The van der Waals surface area contributed by atoms with Gasteiger partial charge >= 0.3 is 0 Å². The Morgan fingerprint density at radius 1 is 1.43 bits per heavy atom. The van der Waals surface area contributed by atoms with E-state index in [4.69, 9.17) is 10.2 Å². The first-order valence-electron chi connectivity index (χ1n) is 4.11. The third kappa shape index (κ3) is 4.79. The van der Waals surface area contributed by atoms with Crippen LogP contribution in [0.1, 0.15) is 5.56 Å². The SMILES string of the molecule is N=C(Br)/C=C\NOCc1ccccc1. The molecular weight excluding hydrogens is 244 g/mol. The molecule has 74 valence electrons. The van der Waals surface area contributed by atoms with Gasteiger partial charge in [0.15, 0.2) is 0 Å². The molecule has 0 radical (unpaired) electrons. The summed E-state index contributed by atoms with van der Waals surface area (Å²) in [6.07, 6.45) is 3.10. The van der Waals surface area contributed by atoms with E-state index in [0.717, 1.165) is 5.56 Å². The van der Waals surface area contributed by atoms with E-state index in [1.54, 1.807) is 12.3 Å². The summed E-state index contributed by atoms with van der Waals surface area (Å²) >= 11 is 2.97. The molecule has 0 aliphatic heterocycles. The second-order valence-electron chi connectivity index (χ2n) is 2.57.